The van der Waals surface area contributed by atoms with Crippen molar-refractivity contribution >= 4 is 51.4 Å². The smallest absolute Gasteiger partial charge is 0.289 e. The van der Waals surface area contributed by atoms with E-state index in [2.05, 4.69) is 10.3 Å². The second kappa shape index (κ2) is 6.54. The highest BCUT2D eigenvalue weighted by molar-refractivity contribution is 6.32. The molecule has 0 spiro atoms. The summed E-state index contributed by atoms with van der Waals surface area (Å²) in [6.07, 6.45) is 1.28. The molecule has 1 amide bonds. The molecular weight excluding hydrogens is 369 g/mol. The van der Waals surface area contributed by atoms with E-state index in [1.807, 2.05) is 0 Å². The molecule has 2 N–H and O–H groups in total. The van der Waals surface area contributed by atoms with Gasteiger partial charge in [0.2, 0.25) is 5.43 Å². The number of nitro benzene ring substituents is 1. The number of H-pyrrole nitrogens is 1. The number of hydrogen-bond donors (Lipinski definition) is 2. The lowest BCUT2D eigenvalue weighted by Crippen LogP contribution is -2.22. The number of benzene rings is 2. The monoisotopic (exact) mass is 377 g/mol. The van der Waals surface area contributed by atoms with Gasteiger partial charge in [0.15, 0.2) is 0 Å². The SMILES string of the molecule is O=C(Nc1ccc(Cl)c([N+](=O)[O-])c1)c1c[nH]c2ccc(Cl)cc2c1=O. The quantitative estimate of drug-likeness (QED) is 0.531. The van der Waals surface area contributed by atoms with Crippen molar-refractivity contribution in [3.05, 3.63) is 78.5 Å². The normalized spacial score (nSPS) is 10.6. The number of nitrogens with one attached hydrogen (secondary N) is 2. The predicted molar refractivity (Wildman–Crippen MR) is 95.6 cm³/mol. The van der Waals surface area contributed by atoms with Crippen LogP contribution in [0, 0.1) is 10.1 Å². The number of nitro groups is 1. The van der Waals surface area contributed by atoms with Crippen molar-refractivity contribution in [1.29, 1.82) is 0 Å². The third-order valence-corrected chi connectivity index (χ3v) is 4.04. The van der Waals surface area contributed by atoms with E-state index in [1.165, 1.54) is 24.4 Å². The summed E-state index contributed by atoms with van der Waals surface area (Å²) in [5.41, 5.74) is -0.317. The average molecular weight is 378 g/mol. The Bertz CT molecular complexity index is 1080. The van der Waals surface area contributed by atoms with E-state index in [4.69, 9.17) is 23.2 Å². The highest BCUT2D eigenvalue weighted by atomic mass is 35.5. The molecule has 1 heterocycles. The number of amides is 1. The van der Waals surface area contributed by atoms with Gasteiger partial charge >= 0.3 is 0 Å². The minimum atomic E-state index is -0.709. The molecule has 2 aromatic carbocycles. The number of rotatable bonds is 3. The number of carbonyl (C=O) groups excluding carboxylic acids is 1. The average Bonchev–Trinajstić information content (AvgIpc) is 2.57. The highest BCUT2D eigenvalue weighted by Crippen LogP contribution is 2.27. The van der Waals surface area contributed by atoms with Gasteiger partial charge in [-0.1, -0.05) is 23.2 Å². The number of carbonyl (C=O) groups is 1. The Morgan fingerprint density at radius 2 is 1.92 bits per heavy atom. The number of hydrogen-bond acceptors (Lipinski definition) is 4. The minimum Gasteiger partial charge on any atom is -0.360 e. The van der Waals surface area contributed by atoms with E-state index in [-0.39, 0.29) is 27.3 Å². The third-order valence-electron chi connectivity index (χ3n) is 3.49. The Hall–Kier alpha value is -2.90. The fraction of sp³-hybridized carbons (Fsp3) is 0. The Balaban J connectivity index is 1.98. The van der Waals surface area contributed by atoms with Crippen LogP contribution in [-0.2, 0) is 0 Å². The number of fused-ring (bicyclic) bond motifs is 1. The molecule has 0 saturated heterocycles. The van der Waals surface area contributed by atoms with Crippen LogP contribution in [0.1, 0.15) is 10.4 Å². The molecule has 0 aliphatic heterocycles. The molecule has 1 aromatic heterocycles. The van der Waals surface area contributed by atoms with Gasteiger partial charge in [0.1, 0.15) is 10.6 Å². The fourth-order valence-electron chi connectivity index (χ4n) is 2.29. The summed E-state index contributed by atoms with van der Waals surface area (Å²) in [7, 11) is 0. The first-order chi connectivity index (χ1) is 11.9. The molecule has 0 radical (unpaired) electrons. The Labute approximate surface area is 150 Å². The molecule has 0 aliphatic carbocycles. The van der Waals surface area contributed by atoms with Crippen molar-refractivity contribution in [2.75, 3.05) is 5.32 Å². The lowest BCUT2D eigenvalue weighted by molar-refractivity contribution is -0.384. The van der Waals surface area contributed by atoms with Crippen LogP contribution in [0.5, 0.6) is 0 Å². The lowest BCUT2D eigenvalue weighted by atomic mass is 10.1. The Morgan fingerprint density at radius 3 is 2.64 bits per heavy atom. The molecule has 9 heteroatoms. The summed E-state index contributed by atoms with van der Waals surface area (Å²) in [6, 6.07) is 8.51. The highest BCUT2D eigenvalue weighted by Gasteiger charge is 2.17. The van der Waals surface area contributed by atoms with Crippen molar-refractivity contribution < 1.29 is 9.72 Å². The number of nitrogens with zero attached hydrogens (tertiary/aromatic N) is 1. The number of aromatic amines is 1. The van der Waals surface area contributed by atoms with E-state index in [0.29, 0.717) is 10.5 Å². The maximum absolute atomic E-state index is 12.5. The molecule has 7 nitrogen and oxygen atoms in total. The van der Waals surface area contributed by atoms with Crippen LogP contribution in [0.15, 0.2) is 47.4 Å². The Kier molecular flexibility index (Phi) is 4.43. The van der Waals surface area contributed by atoms with E-state index in [9.17, 15) is 19.7 Å². The van der Waals surface area contributed by atoms with E-state index >= 15 is 0 Å². The molecule has 0 saturated carbocycles. The molecule has 0 atom stereocenters. The first-order valence-corrected chi connectivity index (χ1v) is 7.68. The summed E-state index contributed by atoms with van der Waals surface area (Å²) < 4.78 is 0. The molecule has 3 aromatic rings. The number of aromatic nitrogens is 1. The third kappa shape index (κ3) is 3.33. The van der Waals surface area contributed by atoms with Crippen LogP contribution < -0.4 is 10.7 Å². The van der Waals surface area contributed by atoms with Crippen molar-refractivity contribution in [3.8, 4) is 0 Å². The van der Waals surface area contributed by atoms with Gasteiger partial charge in [-0.15, -0.1) is 0 Å². The minimum absolute atomic E-state index is 0.0545. The standard InChI is InChI=1S/C16H9Cl2N3O4/c17-8-1-4-13-10(5-8)15(22)11(7-19-13)16(23)20-9-2-3-12(18)14(6-9)21(24)25/h1-7H,(H,19,22)(H,20,23). The molecule has 25 heavy (non-hydrogen) atoms. The second-order valence-electron chi connectivity index (χ2n) is 5.10. The topological polar surface area (TPSA) is 105 Å². The lowest BCUT2D eigenvalue weighted by Gasteiger charge is -2.07. The summed E-state index contributed by atoms with van der Waals surface area (Å²) in [5, 5.41) is 13.9. The summed E-state index contributed by atoms with van der Waals surface area (Å²) in [6.45, 7) is 0. The zero-order valence-electron chi connectivity index (χ0n) is 12.4. The number of pyridine rings is 1. The second-order valence-corrected chi connectivity index (χ2v) is 5.94. The van der Waals surface area contributed by atoms with Crippen molar-refractivity contribution in [2.45, 2.75) is 0 Å². The zero-order chi connectivity index (χ0) is 18.1. The fourth-order valence-corrected chi connectivity index (χ4v) is 2.65. The molecule has 0 unspecified atom stereocenters. The zero-order valence-corrected chi connectivity index (χ0v) is 13.9. The maximum atomic E-state index is 12.5. The van der Waals surface area contributed by atoms with E-state index in [1.54, 1.807) is 12.1 Å². The van der Waals surface area contributed by atoms with Crippen molar-refractivity contribution in [2.24, 2.45) is 0 Å². The van der Waals surface area contributed by atoms with Gasteiger partial charge in [-0.3, -0.25) is 19.7 Å². The number of anilines is 1. The summed E-state index contributed by atoms with van der Waals surface area (Å²) in [5.74, 6) is -0.709. The van der Waals surface area contributed by atoms with Crippen LogP contribution in [0.25, 0.3) is 10.9 Å². The van der Waals surface area contributed by atoms with Crippen LogP contribution in [0.3, 0.4) is 0 Å². The van der Waals surface area contributed by atoms with Gasteiger partial charge < -0.3 is 10.3 Å². The summed E-state index contributed by atoms with van der Waals surface area (Å²) in [4.78, 5) is 37.9. The van der Waals surface area contributed by atoms with Gasteiger partial charge in [0.25, 0.3) is 11.6 Å². The van der Waals surface area contributed by atoms with Gasteiger partial charge in [0.05, 0.1) is 4.92 Å². The first-order valence-electron chi connectivity index (χ1n) is 6.93. The molecule has 3 rings (SSSR count). The van der Waals surface area contributed by atoms with Crippen molar-refractivity contribution in [1.82, 2.24) is 4.98 Å². The van der Waals surface area contributed by atoms with Gasteiger partial charge in [0, 0.05) is 33.9 Å². The number of halogens is 2. The molecule has 0 bridgehead atoms. The predicted octanol–water partition coefficient (Wildman–Crippen LogP) is 4.00. The maximum Gasteiger partial charge on any atom is 0.289 e. The van der Waals surface area contributed by atoms with Gasteiger partial charge in [-0.05, 0) is 30.3 Å². The molecule has 0 fully saturated rings. The largest absolute Gasteiger partial charge is 0.360 e. The first kappa shape index (κ1) is 16.9. The van der Waals surface area contributed by atoms with Crippen LogP contribution >= 0.6 is 23.2 Å². The van der Waals surface area contributed by atoms with Crippen molar-refractivity contribution in [3.63, 3.8) is 0 Å². The van der Waals surface area contributed by atoms with E-state index < -0.39 is 16.3 Å². The van der Waals surface area contributed by atoms with E-state index in [0.717, 1.165) is 6.07 Å². The van der Waals surface area contributed by atoms with Crippen LogP contribution in [0.4, 0.5) is 11.4 Å². The summed E-state index contributed by atoms with van der Waals surface area (Å²) >= 11 is 11.6. The van der Waals surface area contributed by atoms with Gasteiger partial charge in [-0.2, -0.15) is 0 Å². The molecule has 0 aliphatic rings. The molecular formula is C16H9Cl2N3O4. The van der Waals surface area contributed by atoms with Gasteiger partial charge in [-0.25, -0.2) is 0 Å². The van der Waals surface area contributed by atoms with Crippen LogP contribution in [-0.4, -0.2) is 15.8 Å². The molecule has 126 valence electrons. The van der Waals surface area contributed by atoms with Crippen LogP contribution in [0.2, 0.25) is 10.0 Å². The Morgan fingerprint density at radius 1 is 1.16 bits per heavy atom.